The SMILES string of the molecule is NC(=S)NN=Cc1ccc(F)c2cc[nH]c12. The largest absolute Gasteiger partial charge is 0.375 e. The maximum Gasteiger partial charge on any atom is 0.184 e. The molecule has 1 aromatic heterocycles. The van der Waals surface area contributed by atoms with Crippen LogP contribution in [0.5, 0.6) is 0 Å². The van der Waals surface area contributed by atoms with Crippen LogP contribution in [0, 0.1) is 5.82 Å². The Morgan fingerprint density at radius 3 is 3.06 bits per heavy atom. The van der Waals surface area contributed by atoms with Gasteiger partial charge in [-0.2, -0.15) is 5.10 Å². The predicted octanol–water partition coefficient (Wildman–Crippen LogP) is 1.47. The lowest BCUT2D eigenvalue weighted by molar-refractivity contribution is 0.640. The van der Waals surface area contributed by atoms with Crippen molar-refractivity contribution in [3.8, 4) is 0 Å². The molecule has 82 valence electrons. The normalized spacial score (nSPS) is 11.1. The molecule has 0 unspecified atom stereocenters. The number of thiocarbonyl (C=S) groups is 1. The third kappa shape index (κ3) is 2.01. The summed E-state index contributed by atoms with van der Waals surface area (Å²) in [5.74, 6) is -0.268. The summed E-state index contributed by atoms with van der Waals surface area (Å²) in [5.41, 5.74) is 9.09. The first-order chi connectivity index (χ1) is 7.68. The Labute approximate surface area is 96.3 Å². The van der Waals surface area contributed by atoms with Crippen molar-refractivity contribution in [2.45, 2.75) is 0 Å². The van der Waals surface area contributed by atoms with E-state index in [4.69, 9.17) is 5.73 Å². The number of hydrazone groups is 1. The van der Waals surface area contributed by atoms with Gasteiger partial charge in [0, 0.05) is 17.1 Å². The summed E-state index contributed by atoms with van der Waals surface area (Å²) in [6.07, 6.45) is 3.20. The predicted molar refractivity (Wildman–Crippen MR) is 65.8 cm³/mol. The van der Waals surface area contributed by atoms with Crippen LogP contribution in [0.15, 0.2) is 29.5 Å². The van der Waals surface area contributed by atoms with Gasteiger partial charge < -0.3 is 10.7 Å². The van der Waals surface area contributed by atoms with Gasteiger partial charge in [-0.3, -0.25) is 5.43 Å². The quantitative estimate of drug-likeness (QED) is 0.420. The second kappa shape index (κ2) is 4.28. The summed E-state index contributed by atoms with van der Waals surface area (Å²) in [7, 11) is 0. The highest BCUT2D eigenvalue weighted by atomic mass is 32.1. The molecule has 2 rings (SSSR count). The number of aromatic amines is 1. The summed E-state index contributed by atoms with van der Waals surface area (Å²) >= 11 is 4.60. The van der Waals surface area contributed by atoms with Gasteiger partial charge in [0.2, 0.25) is 0 Å². The van der Waals surface area contributed by atoms with Crippen LogP contribution < -0.4 is 11.2 Å². The molecule has 0 atom stereocenters. The van der Waals surface area contributed by atoms with Crippen molar-refractivity contribution in [3.63, 3.8) is 0 Å². The van der Waals surface area contributed by atoms with Gasteiger partial charge in [-0.25, -0.2) is 4.39 Å². The van der Waals surface area contributed by atoms with Crippen molar-refractivity contribution in [2.24, 2.45) is 10.8 Å². The first kappa shape index (κ1) is 10.6. The molecule has 0 fully saturated rings. The first-order valence-corrected chi connectivity index (χ1v) is 4.93. The third-order valence-electron chi connectivity index (χ3n) is 2.08. The molecule has 0 aliphatic rings. The van der Waals surface area contributed by atoms with Crippen molar-refractivity contribution in [1.82, 2.24) is 10.4 Å². The first-order valence-electron chi connectivity index (χ1n) is 4.52. The topological polar surface area (TPSA) is 66.2 Å². The Kier molecular flexibility index (Phi) is 2.82. The molecule has 0 amide bonds. The van der Waals surface area contributed by atoms with Crippen molar-refractivity contribution in [2.75, 3.05) is 0 Å². The molecule has 0 radical (unpaired) electrons. The highest BCUT2D eigenvalue weighted by Gasteiger charge is 2.04. The van der Waals surface area contributed by atoms with Crippen LogP contribution in [0.3, 0.4) is 0 Å². The van der Waals surface area contributed by atoms with E-state index in [1.54, 1.807) is 18.3 Å². The summed E-state index contributed by atoms with van der Waals surface area (Å²) < 4.78 is 13.3. The van der Waals surface area contributed by atoms with E-state index >= 15 is 0 Å². The van der Waals surface area contributed by atoms with E-state index in [9.17, 15) is 4.39 Å². The van der Waals surface area contributed by atoms with E-state index in [-0.39, 0.29) is 10.9 Å². The van der Waals surface area contributed by atoms with Crippen LogP contribution in [0.25, 0.3) is 10.9 Å². The van der Waals surface area contributed by atoms with Crippen LogP contribution in [-0.4, -0.2) is 16.3 Å². The third-order valence-corrected chi connectivity index (χ3v) is 2.17. The standard InChI is InChI=1S/C10H9FN4S/c11-8-2-1-6(5-14-15-10(12)16)9-7(8)3-4-13-9/h1-5,13H,(H3,12,15,16). The van der Waals surface area contributed by atoms with Crippen LogP contribution in [0.2, 0.25) is 0 Å². The zero-order chi connectivity index (χ0) is 11.5. The van der Waals surface area contributed by atoms with Gasteiger partial charge >= 0.3 is 0 Å². The number of aromatic nitrogens is 1. The van der Waals surface area contributed by atoms with Crippen LogP contribution in [0.1, 0.15) is 5.56 Å². The average Bonchev–Trinajstić information content (AvgIpc) is 2.70. The molecular weight excluding hydrogens is 227 g/mol. The smallest absolute Gasteiger partial charge is 0.184 e. The molecule has 0 aliphatic heterocycles. The Bertz CT molecular complexity index is 561. The lowest BCUT2D eigenvalue weighted by Gasteiger charge is -1.98. The van der Waals surface area contributed by atoms with Gasteiger partial charge in [-0.05, 0) is 30.4 Å². The number of benzene rings is 1. The number of halogens is 1. The summed E-state index contributed by atoms with van der Waals surface area (Å²) in [6.45, 7) is 0. The fourth-order valence-electron chi connectivity index (χ4n) is 1.42. The minimum Gasteiger partial charge on any atom is -0.375 e. The van der Waals surface area contributed by atoms with Crippen molar-refractivity contribution in [1.29, 1.82) is 0 Å². The minimum absolute atomic E-state index is 0.0843. The summed E-state index contributed by atoms with van der Waals surface area (Å²) in [5, 5.41) is 4.43. The fourth-order valence-corrected chi connectivity index (χ4v) is 1.47. The Balaban J connectivity index is 2.38. The molecule has 1 aromatic carbocycles. The number of fused-ring (bicyclic) bond motifs is 1. The Morgan fingerprint density at radius 1 is 1.50 bits per heavy atom. The van der Waals surface area contributed by atoms with Crippen LogP contribution in [0.4, 0.5) is 4.39 Å². The molecule has 6 heteroatoms. The fraction of sp³-hybridized carbons (Fsp3) is 0. The number of nitrogens with one attached hydrogen (secondary N) is 2. The number of H-pyrrole nitrogens is 1. The van der Waals surface area contributed by atoms with Crippen molar-refractivity contribution >= 4 is 34.4 Å². The Morgan fingerprint density at radius 2 is 2.31 bits per heavy atom. The van der Waals surface area contributed by atoms with Crippen LogP contribution in [-0.2, 0) is 0 Å². The maximum absolute atomic E-state index is 13.3. The van der Waals surface area contributed by atoms with E-state index in [2.05, 4.69) is 27.7 Å². The number of rotatable bonds is 2. The van der Waals surface area contributed by atoms with Crippen LogP contribution >= 0.6 is 12.2 Å². The minimum atomic E-state index is -0.268. The molecule has 0 bridgehead atoms. The molecule has 4 N–H and O–H groups in total. The van der Waals surface area contributed by atoms with E-state index in [1.165, 1.54) is 12.3 Å². The second-order valence-corrected chi connectivity index (χ2v) is 3.58. The van der Waals surface area contributed by atoms with E-state index in [0.717, 1.165) is 5.56 Å². The van der Waals surface area contributed by atoms with E-state index in [0.29, 0.717) is 10.9 Å². The molecule has 1 heterocycles. The molecule has 4 nitrogen and oxygen atoms in total. The van der Waals surface area contributed by atoms with E-state index < -0.39 is 0 Å². The molecule has 0 saturated heterocycles. The van der Waals surface area contributed by atoms with Gasteiger partial charge in [0.05, 0.1) is 11.7 Å². The van der Waals surface area contributed by atoms with Crippen molar-refractivity contribution < 1.29 is 4.39 Å². The second-order valence-electron chi connectivity index (χ2n) is 3.14. The van der Waals surface area contributed by atoms with Crippen molar-refractivity contribution in [3.05, 3.63) is 35.8 Å². The highest BCUT2D eigenvalue weighted by Crippen LogP contribution is 2.19. The number of nitrogens with two attached hydrogens (primary N) is 1. The zero-order valence-electron chi connectivity index (χ0n) is 8.20. The average molecular weight is 236 g/mol. The number of hydrogen-bond acceptors (Lipinski definition) is 2. The highest BCUT2D eigenvalue weighted by molar-refractivity contribution is 7.80. The lowest BCUT2D eigenvalue weighted by atomic mass is 10.1. The molecule has 2 aromatic rings. The van der Waals surface area contributed by atoms with Gasteiger partial charge in [-0.15, -0.1) is 0 Å². The van der Waals surface area contributed by atoms with Gasteiger partial charge in [0.25, 0.3) is 0 Å². The van der Waals surface area contributed by atoms with Gasteiger partial charge in [0.1, 0.15) is 5.82 Å². The molecule has 0 aliphatic carbocycles. The lowest BCUT2D eigenvalue weighted by Crippen LogP contribution is -2.24. The molecule has 0 saturated carbocycles. The maximum atomic E-state index is 13.3. The molecule has 16 heavy (non-hydrogen) atoms. The summed E-state index contributed by atoms with van der Waals surface area (Å²) in [6, 6.07) is 4.68. The Hall–Kier alpha value is -1.95. The van der Waals surface area contributed by atoms with Gasteiger partial charge in [0.15, 0.2) is 5.11 Å². The monoisotopic (exact) mass is 236 g/mol. The van der Waals surface area contributed by atoms with E-state index in [1.807, 2.05) is 0 Å². The zero-order valence-corrected chi connectivity index (χ0v) is 9.01. The van der Waals surface area contributed by atoms with Gasteiger partial charge in [-0.1, -0.05) is 0 Å². The number of hydrogen-bond donors (Lipinski definition) is 3. The molecular formula is C10H9FN4S. The molecule has 0 spiro atoms. The number of nitrogens with zero attached hydrogens (tertiary/aromatic N) is 1. The summed E-state index contributed by atoms with van der Waals surface area (Å²) in [4.78, 5) is 2.94.